The van der Waals surface area contributed by atoms with Crippen LogP contribution in [0.1, 0.15) is 29.9 Å². The van der Waals surface area contributed by atoms with Gasteiger partial charge in [-0.25, -0.2) is 4.79 Å². The monoisotopic (exact) mass is 396 g/mol. The number of carbonyl (C=O) groups excluding carboxylic acids is 1. The summed E-state index contributed by atoms with van der Waals surface area (Å²) in [6.07, 6.45) is 0.218. The first-order valence-corrected chi connectivity index (χ1v) is 9.94. The molecule has 0 fully saturated rings. The fraction of sp³-hybridized carbons (Fsp3) is 0.391. The van der Waals surface area contributed by atoms with Crippen molar-refractivity contribution in [3.8, 4) is 11.1 Å². The molecule has 0 saturated heterocycles. The van der Waals surface area contributed by atoms with Crippen LogP contribution in [-0.2, 0) is 9.53 Å². The molecule has 1 aliphatic rings. The lowest BCUT2D eigenvalue weighted by atomic mass is 9.98. The third-order valence-electron chi connectivity index (χ3n) is 5.22. The zero-order chi connectivity index (χ0) is 20.8. The van der Waals surface area contributed by atoms with Crippen LogP contribution >= 0.6 is 0 Å². The molecule has 0 atom stereocenters. The fourth-order valence-electron chi connectivity index (χ4n) is 3.79. The van der Waals surface area contributed by atoms with Gasteiger partial charge in [-0.15, -0.1) is 0 Å². The Balaban J connectivity index is 1.68. The third-order valence-corrected chi connectivity index (χ3v) is 5.22. The molecule has 2 aromatic rings. The van der Waals surface area contributed by atoms with Gasteiger partial charge in [-0.1, -0.05) is 48.5 Å². The van der Waals surface area contributed by atoms with Gasteiger partial charge in [0.05, 0.1) is 6.42 Å². The molecule has 0 unspecified atom stereocenters. The van der Waals surface area contributed by atoms with Crippen molar-refractivity contribution < 1.29 is 19.4 Å². The highest BCUT2D eigenvalue weighted by Gasteiger charge is 2.29. The maximum absolute atomic E-state index is 12.7. The largest absolute Gasteiger partial charge is 0.481 e. The summed E-state index contributed by atoms with van der Waals surface area (Å²) in [6, 6.07) is 16.4. The Bertz CT molecular complexity index is 820. The van der Waals surface area contributed by atoms with Gasteiger partial charge in [-0.2, -0.15) is 0 Å². The third kappa shape index (κ3) is 5.15. The Morgan fingerprint density at radius 1 is 0.931 bits per heavy atom. The Hall–Kier alpha value is -2.86. The number of hydrogen-bond acceptors (Lipinski definition) is 4. The van der Waals surface area contributed by atoms with Crippen LogP contribution in [0.25, 0.3) is 11.1 Å². The molecule has 1 amide bonds. The summed E-state index contributed by atoms with van der Waals surface area (Å²) in [6.45, 7) is 1.69. The van der Waals surface area contributed by atoms with Crippen LogP contribution in [0.3, 0.4) is 0 Å². The van der Waals surface area contributed by atoms with Crippen molar-refractivity contribution in [2.24, 2.45) is 0 Å². The highest BCUT2D eigenvalue weighted by molar-refractivity contribution is 5.79. The molecule has 0 aromatic heterocycles. The molecular formula is C23H28N2O4. The molecule has 0 bridgehead atoms. The predicted molar refractivity (Wildman–Crippen MR) is 112 cm³/mol. The number of aliphatic carboxylic acids is 1. The molecule has 0 spiro atoms. The highest BCUT2D eigenvalue weighted by Crippen LogP contribution is 2.44. The number of carbonyl (C=O) groups is 2. The van der Waals surface area contributed by atoms with Gasteiger partial charge in [0.25, 0.3) is 0 Å². The van der Waals surface area contributed by atoms with Crippen molar-refractivity contribution in [3.63, 3.8) is 0 Å². The number of amides is 1. The second-order valence-electron chi connectivity index (χ2n) is 7.59. The van der Waals surface area contributed by atoms with Crippen molar-refractivity contribution in [3.05, 3.63) is 59.7 Å². The summed E-state index contributed by atoms with van der Waals surface area (Å²) < 4.78 is 5.67. The maximum Gasteiger partial charge on any atom is 0.409 e. The van der Waals surface area contributed by atoms with Crippen LogP contribution in [0.2, 0.25) is 0 Å². The van der Waals surface area contributed by atoms with Crippen LogP contribution in [0, 0.1) is 0 Å². The normalized spacial score (nSPS) is 12.5. The van der Waals surface area contributed by atoms with Crippen molar-refractivity contribution in [2.75, 3.05) is 40.3 Å². The number of carboxylic acid groups (broad SMARTS) is 1. The number of nitrogens with zero attached hydrogens (tertiary/aromatic N) is 2. The van der Waals surface area contributed by atoms with E-state index in [9.17, 15) is 9.59 Å². The molecule has 29 heavy (non-hydrogen) atoms. The first-order chi connectivity index (χ1) is 14.0. The van der Waals surface area contributed by atoms with E-state index in [-0.39, 0.29) is 25.5 Å². The van der Waals surface area contributed by atoms with E-state index in [4.69, 9.17) is 9.84 Å². The van der Waals surface area contributed by atoms with Crippen molar-refractivity contribution in [1.29, 1.82) is 0 Å². The lowest BCUT2D eigenvalue weighted by Gasteiger charge is -2.23. The standard InChI is InChI=1S/C23H28N2O4/c1-24(2)13-7-14-25(15-12-22(26)27)23(28)29-16-21-19-10-5-3-8-17(19)18-9-4-6-11-20(18)21/h3-6,8-11,21H,7,12-16H2,1-2H3,(H,26,27). The Morgan fingerprint density at radius 3 is 2.07 bits per heavy atom. The predicted octanol–water partition coefficient (Wildman–Crippen LogP) is 3.66. The molecule has 3 rings (SSSR count). The fourth-order valence-corrected chi connectivity index (χ4v) is 3.79. The van der Waals surface area contributed by atoms with Gasteiger partial charge in [0, 0.05) is 19.0 Å². The van der Waals surface area contributed by atoms with E-state index >= 15 is 0 Å². The van der Waals surface area contributed by atoms with Gasteiger partial charge in [0.1, 0.15) is 6.61 Å². The molecular weight excluding hydrogens is 368 g/mol. The van der Waals surface area contributed by atoms with Gasteiger partial charge in [0.2, 0.25) is 0 Å². The average molecular weight is 396 g/mol. The molecule has 1 N–H and O–H groups in total. The van der Waals surface area contributed by atoms with E-state index in [0.717, 1.165) is 24.1 Å². The van der Waals surface area contributed by atoms with Crippen molar-refractivity contribution in [1.82, 2.24) is 9.80 Å². The van der Waals surface area contributed by atoms with Gasteiger partial charge in [0.15, 0.2) is 0 Å². The summed E-state index contributed by atoms with van der Waals surface area (Å²) in [7, 11) is 3.93. The van der Waals surface area contributed by atoms with Crippen LogP contribution < -0.4 is 0 Å². The van der Waals surface area contributed by atoms with Crippen LogP contribution in [-0.4, -0.2) is 67.3 Å². The molecule has 6 nitrogen and oxygen atoms in total. The average Bonchev–Trinajstić information content (AvgIpc) is 3.02. The van der Waals surface area contributed by atoms with Crippen LogP contribution in [0.5, 0.6) is 0 Å². The SMILES string of the molecule is CN(C)CCCN(CCC(=O)O)C(=O)OCC1c2ccccc2-c2ccccc21. The number of carboxylic acids is 1. The molecule has 1 aliphatic carbocycles. The second-order valence-corrected chi connectivity index (χ2v) is 7.59. The summed E-state index contributed by atoms with van der Waals surface area (Å²) in [5.41, 5.74) is 4.67. The van der Waals surface area contributed by atoms with E-state index in [2.05, 4.69) is 24.3 Å². The summed E-state index contributed by atoms with van der Waals surface area (Å²) in [4.78, 5) is 27.2. The smallest absolute Gasteiger partial charge is 0.409 e. The van der Waals surface area contributed by atoms with E-state index in [1.54, 1.807) is 0 Å². The number of ether oxygens (including phenoxy) is 1. The van der Waals surface area contributed by atoms with Crippen LogP contribution in [0.4, 0.5) is 4.79 Å². The van der Waals surface area contributed by atoms with E-state index < -0.39 is 12.1 Å². The molecule has 0 aliphatic heterocycles. The minimum absolute atomic E-state index is 0.00514. The second kappa shape index (κ2) is 9.56. The molecule has 0 heterocycles. The van der Waals surface area contributed by atoms with Crippen LogP contribution in [0.15, 0.2) is 48.5 Å². The van der Waals surface area contributed by atoms with E-state index in [0.29, 0.717) is 6.54 Å². The van der Waals surface area contributed by atoms with E-state index in [1.807, 2.05) is 43.3 Å². The Morgan fingerprint density at radius 2 is 1.52 bits per heavy atom. The lowest BCUT2D eigenvalue weighted by molar-refractivity contribution is -0.137. The number of benzene rings is 2. The van der Waals surface area contributed by atoms with E-state index in [1.165, 1.54) is 16.0 Å². The molecule has 0 radical (unpaired) electrons. The highest BCUT2D eigenvalue weighted by atomic mass is 16.6. The zero-order valence-corrected chi connectivity index (χ0v) is 17.0. The molecule has 0 saturated carbocycles. The Labute approximate surface area is 171 Å². The maximum atomic E-state index is 12.7. The van der Waals surface area contributed by atoms with Gasteiger partial charge < -0.3 is 19.6 Å². The van der Waals surface area contributed by atoms with Gasteiger partial charge in [-0.05, 0) is 49.3 Å². The van der Waals surface area contributed by atoms with Gasteiger partial charge >= 0.3 is 12.1 Å². The molecule has 2 aromatic carbocycles. The first kappa shape index (κ1) is 20.9. The molecule has 6 heteroatoms. The zero-order valence-electron chi connectivity index (χ0n) is 17.0. The first-order valence-electron chi connectivity index (χ1n) is 9.94. The summed E-state index contributed by atoms with van der Waals surface area (Å²) in [5, 5.41) is 8.99. The summed E-state index contributed by atoms with van der Waals surface area (Å²) in [5.74, 6) is -0.927. The minimum atomic E-state index is -0.922. The number of hydrogen-bond donors (Lipinski definition) is 1. The Kier molecular flexibility index (Phi) is 6.88. The molecule has 154 valence electrons. The lowest BCUT2D eigenvalue weighted by Crippen LogP contribution is -2.36. The number of fused-ring (bicyclic) bond motifs is 3. The number of rotatable bonds is 9. The topological polar surface area (TPSA) is 70.1 Å². The van der Waals surface area contributed by atoms with Crippen molar-refractivity contribution in [2.45, 2.75) is 18.8 Å². The summed E-state index contributed by atoms with van der Waals surface area (Å²) >= 11 is 0. The van der Waals surface area contributed by atoms with Crippen molar-refractivity contribution >= 4 is 12.1 Å². The van der Waals surface area contributed by atoms with Gasteiger partial charge in [-0.3, -0.25) is 4.79 Å². The minimum Gasteiger partial charge on any atom is -0.481 e. The quantitative estimate of drug-likeness (QED) is 0.700.